The Kier molecular flexibility index (Phi) is 6.40. The summed E-state index contributed by atoms with van der Waals surface area (Å²) in [5.41, 5.74) is -0.248. The molecule has 0 bridgehead atoms. The highest BCUT2D eigenvalue weighted by Crippen LogP contribution is 2.25. The van der Waals surface area contributed by atoms with Gasteiger partial charge in [0.25, 0.3) is 11.6 Å². The van der Waals surface area contributed by atoms with Gasteiger partial charge < -0.3 is 10.1 Å². The molecule has 3 aromatic rings. The molecule has 1 N–H and O–H groups in total. The minimum atomic E-state index is -0.900. The van der Waals surface area contributed by atoms with Crippen LogP contribution in [0.2, 0.25) is 0 Å². The Balaban J connectivity index is 1.75. The number of rotatable bonds is 7. The first-order valence-electron chi connectivity index (χ1n) is 8.78. The molecule has 1 heterocycles. The zero-order valence-corrected chi connectivity index (χ0v) is 16.1. The van der Waals surface area contributed by atoms with Gasteiger partial charge in [-0.15, -0.1) is 5.10 Å². The van der Waals surface area contributed by atoms with Gasteiger partial charge >= 0.3 is 5.97 Å². The average Bonchev–Trinajstić information content (AvgIpc) is 3.17. The SMILES string of the molecule is Cc1nnnn1/C(=C\c1ccccc1)C(=O)OCC(=O)Nc1ccc(F)cc1[N+](=O)[O-]. The fourth-order valence-electron chi connectivity index (χ4n) is 2.52. The quantitative estimate of drug-likeness (QED) is 0.262. The van der Waals surface area contributed by atoms with Gasteiger partial charge in [-0.25, -0.2) is 9.18 Å². The van der Waals surface area contributed by atoms with Gasteiger partial charge in [0, 0.05) is 0 Å². The molecule has 0 fully saturated rings. The van der Waals surface area contributed by atoms with Gasteiger partial charge in [-0.2, -0.15) is 4.68 Å². The molecule has 3 rings (SSSR count). The molecule has 1 aromatic heterocycles. The minimum absolute atomic E-state index is 0.0470. The van der Waals surface area contributed by atoms with Crippen LogP contribution in [0.1, 0.15) is 11.4 Å². The van der Waals surface area contributed by atoms with Crippen LogP contribution in [-0.4, -0.2) is 43.6 Å². The number of halogens is 1. The third-order valence-electron chi connectivity index (χ3n) is 3.93. The van der Waals surface area contributed by atoms with E-state index in [1.54, 1.807) is 37.3 Å². The second kappa shape index (κ2) is 9.35. The highest BCUT2D eigenvalue weighted by Gasteiger charge is 2.21. The highest BCUT2D eigenvalue weighted by atomic mass is 19.1. The molecule has 0 spiro atoms. The number of nitrogens with zero attached hydrogens (tertiary/aromatic N) is 5. The van der Waals surface area contributed by atoms with Crippen LogP contribution in [0.3, 0.4) is 0 Å². The summed E-state index contributed by atoms with van der Waals surface area (Å²) >= 11 is 0. The van der Waals surface area contributed by atoms with Crippen LogP contribution < -0.4 is 5.32 Å². The number of carbonyl (C=O) groups is 2. The van der Waals surface area contributed by atoms with Gasteiger partial charge in [0.1, 0.15) is 11.5 Å². The Morgan fingerprint density at radius 2 is 2.00 bits per heavy atom. The van der Waals surface area contributed by atoms with Crippen LogP contribution >= 0.6 is 0 Å². The molecule has 0 aliphatic rings. The second-order valence-electron chi connectivity index (χ2n) is 6.12. The third kappa shape index (κ3) is 5.32. The lowest BCUT2D eigenvalue weighted by Gasteiger charge is -2.10. The number of nitro groups is 1. The summed E-state index contributed by atoms with van der Waals surface area (Å²) in [4.78, 5) is 34.9. The van der Waals surface area contributed by atoms with Crippen molar-refractivity contribution in [2.75, 3.05) is 11.9 Å². The number of ether oxygens (including phenoxy) is 1. The van der Waals surface area contributed by atoms with E-state index in [1.807, 2.05) is 0 Å². The fraction of sp³-hybridized carbons (Fsp3) is 0.105. The van der Waals surface area contributed by atoms with Crippen molar-refractivity contribution < 1.29 is 23.6 Å². The van der Waals surface area contributed by atoms with Crippen molar-refractivity contribution in [3.63, 3.8) is 0 Å². The Labute approximate surface area is 174 Å². The van der Waals surface area contributed by atoms with Gasteiger partial charge in [-0.05, 0) is 41.1 Å². The molecular formula is C19H15FN6O5. The summed E-state index contributed by atoms with van der Waals surface area (Å²) in [6.45, 7) is 0.827. The van der Waals surface area contributed by atoms with Crippen molar-refractivity contribution >= 4 is 35.0 Å². The largest absolute Gasteiger partial charge is 0.451 e. The van der Waals surface area contributed by atoms with Crippen molar-refractivity contribution in [3.05, 3.63) is 75.9 Å². The summed E-state index contributed by atoms with van der Waals surface area (Å²) in [6, 6.07) is 11.5. The molecule has 1 amide bonds. The van der Waals surface area contributed by atoms with E-state index < -0.39 is 34.9 Å². The number of benzene rings is 2. The molecule has 158 valence electrons. The zero-order chi connectivity index (χ0) is 22.4. The number of hydrogen-bond acceptors (Lipinski definition) is 8. The summed E-state index contributed by atoms with van der Waals surface area (Å²) in [7, 11) is 0. The summed E-state index contributed by atoms with van der Waals surface area (Å²) in [5.74, 6) is -2.27. The fourth-order valence-corrected chi connectivity index (χ4v) is 2.52. The molecule has 0 atom stereocenters. The first kappa shape index (κ1) is 21.2. The van der Waals surface area contributed by atoms with Crippen molar-refractivity contribution in [2.24, 2.45) is 0 Å². The van der Waals surface area contributed by atoms with Crippen LogP contribution in [0.25, 0.3) is 11.8 Å². The number of amides is 1. The van der Waals surface area contributed by atoms with Crippen LogP contribution in [0.15, 0.2) is 48.5 Å². The predicted octanol–water partition coefficient (Wildman–Crippen LogP) is 2.21. The average molecular weight is 426 g/mol. The van der Waals surface area contributed by atoms with Crippen molar-refractivity contribution in [1.29, 1.82) is 0 Å². The molecular weight excluding hydrogens is 411 g/mol. The molecule has 0 aliphatic carbocycles. The van der Waals surface area contributed by atoms with Crippen LogP contribution in [-0.2, 0) is 14.3 Å². The van der Waals surface area contributed by atoms with Gasteiger partial charge in [0.15, 0.2) is 18.1 Å². The van der Waals surface area contributed by atoms with E-state index >= 15 is 0 Å². The third-order valence-corrected chi connectivity index (χ3v) is 3.93. The zero-order valence-electron chi connectivity index (χ0n) is 16.1. The number of tetrazole rings is 1. The molecule has 2 aromatic carbocycles. The number of nitro benzene ring substituents is 1. The van der Waals surface area contributed by atoms with E-state index in [0.717, 1.165) is 16.8 Å². The monoisotopic (exact) mass is 426 g/mol. The molecule has 11 nitrogen and oxygen atoms in total. The lowest BCUT2D eigenvalue weighted by molar-refractivity contribution is -0.384. The first-order chi connectivity index (χ1) is 14.8. The second-order valence-corrected chi connectivity index (χ2v) is 6.12. The van der Waals surface area contributed by atoms with Crippen LogP contribution in [0.5, 0.6) is 0 Å². The summed E-state index contributed by atoms with van der Waals surface area (Å²) in [6.07, 6.45) is 1.48. The Morgan fingerprint density at radius 1 is 1.26 bits per heavy atom. The van der Waals surface area contributed by atoms with Crippen molar-refractivity contribution in [2.45, 2.75) is 6.92 Å². The van der Waals surface area contributed by atoms with Crippen molar-refractivity contribution in [1.82, 2.24) is 20.2 Å². The van der Waals surface area contributed by atoms with E-state index in [4.69, 9.17) is 4.74 Å². The maximum Gasteiger partial charge on any atom is 0.357 e. The molecule has 0 saturated carbocycles. The molecule has 31 heavy (non-hydrogen) atoms. The number of esters is 1. The number of aryl methyl sites for hydroxylation is 1. The lowest BCUT2D eigenvalue weighted by Crippen LogP contribution is -2.23. The molecule has 0 aliphatic heterocycles. The molecule has 0 saturated heterocycles. The lowest BCUT2D eigenvalue weighted by atomic mass is 10.2. The standard InChI is InChI=1S/C19H15FN6O5/c1-12-22-23-24-25(12)17(9-13-5-3-2-4-6-13)19(28)31-11-18(27)21-15-8-7-14(20)10-16(15)26(29)30/h2-10H,11H2,1H3,(H,21,27)/b17-9-. The smallest absolute Gasteiger partial charge is 0.357 e. The van der Waals surface area contributed by atoms with Crippen molar-refractivity contribution in [3.8, 4) is 0 Å². The maximum atomic E-state index is 13.2. The number of nitrogens with one attached hydrogen (secondary N) is 1. The first-order valence-corrected chi connectivity index (χ1v) is 8.78. The number of hydrogen-bond donors (Lipinski definition) is 1. The van der Waals surface area contributed by atoms with E-state index in [0.29, 0.717) is 17.5 Å². The Hall–Kier alpha value is -4.48. The molecule has 0 unspecified atom stereocenters. The Bertz CT molecular complexity index is 1160. The van der Waals surface area contributed by atoms with E-state index in [1.165, 1.54) is 6.08 Å². The number of carbonyl (C=O) groups excluding carboxylic acids is 2. The Morgan fingerprint density at radius 3 is 2.65 bits per heavy atom. The molecule has 12 heteroatoms. The van der Waals surface area contributed by atoms with Gasteiger partial charge in [-0.3, -0.25) is 14.9 Å². The highest BCUT2D eigenvalue weighted by molar-refractivity contribution is 6.15. The van der Waals surface area contributed by atoms with E-state index in [2.05, 4.69) is 20.8 Å². The van der Waals surface area contributed by atoms with Gasteiger partial charge in [-0.1, -0.05) is 30.3 Å². The topological polar surface area (TPSA) is 142 Å². The minimum Gasteiger partial charge on any atom is -0.451 e. The van der Waals surface area contributed by atoms with E-state index in [9.17, 15) is 24.1 Å². The van der Waals surface area contributed by atoms with Crippen LogP contribution in [0, 0.1) is 22.9 Å². The van der Waals surface area contributed by atoms with Gasteiger partial charge in [0.05, 0.1) is 11.0 Å². The normalized spacial score (nSPS) is 11.1. The van der Waals surface area contributed by atoms with E-state index in [-0.39, 0.29) is 11.4 Å². The van der Waals surface area contributed by atoms with Crippen LogP contribution in [0.4, 0.5) is 15.8 Å². The summed E-state index contributed by atoms with van der Waals surface area (Å²) < 4.78 is 19.4. The van der Waals surface area contributed by atoms with Gasteiger partial charge in [0.2, 0.25) is 0 Å². The maximum absolute atomic E-state index is 13.2. The molecule has 0 radical (unpaired) electrons. The predicted molar refractivity (Wildman–Crippen MR) is 106 cm³/mol. The summed E-state index contributed by atoms with van der Waals surface area (Å²) in [5, 5.41) is 24.2. The number of anilines is 1. The number of aromatic nitrogens is 4.